The first-order chi connectivity index (χ1) is 9.67. The fraction of sp³-hybridized carbons (Fsp3) is 0.462. The second kappa shape index (κ2) is 7.62. The molecule has 0 bridgehead atoms. The first kappa shape index (κ1) is 18.5. The quantitative estimate of drug-likeness (QED) is 0.866. The van der Waals surface area contributed by atoms with Gasteiger partial charge in [-0.15, -0.1) is 24.8 Å². The van der Waals surface area contributed by atoms with Gasteiger partial charge in [-0.1, -0.05) is 0 Å². The third kappa shape index (κ3) is 3.60. The SMILES string of the molecule is CN[C@@H]1CCN(c2cc(-c3ccnn3C)nc(N)n2)C1.Cl.Cl. The van der Waals surface area contributed by atoms with Crippen molar-refractivity contribution in [3.05, 3.63) is 18.3 Å². The average Bonchev–Trinajstić information content (AvgIpc) is 3.06. The number of anilines is 2. The Kier molecular flexibility index (Phi) is 6.40. The Morgan fingerprint density at radius 2 is 2.09 bits per heavy atom. The van der Waals surface area contributed by atoms with E-state index in [1.54, 1.807) is 10.9 Å². The van der Waals surface area contributed by atoms with Gasteiger partial charge in [0.1, 0.15) is 5.82 Å². The van der Waals surface area contributed by atoms with Gasteiger partial charge in [0, 0.05) is 38.4 Å². The molecule has 0 unspecified atom stereocenters. The molecule has 2 aromatic rings. The highest BCUT2D eigenvalue weighted by Gasteiger charge is 2.23. The molecule has 9 heteroatoms. The van der Waals surface area contributed by atoms with Crippen molar-refractivity contribution in [1.29, 1.82) is 0 Å². The summed E-state index contributed by atoms with van der Waals surface area (Å²) >= 11 is 0. The van der Waals surface area contributed by atoms with E-state index in [2.05, 4.69) is 25.3 Å². The predicted octanol–water partition coefficient (Wildman–Crippen LogP) is 1.10. The zero-order valence-corrected chi connectivity index (χ0v) is 14.2. The minimum Gasteiger partial charge on any atom is -0.368 e. The van der Waals surface area contributed by atoms with E-state index in [9.17, 15) is 0 Å². The number of nitrogens with two attached hydrogens (primary N) is 1. The van der Waals surface area contributed by atoms with Gasteiger partial charge in [-0.2, -0.15) is 10.1 Å². The van der Waals surface area contributed by atoms with E-state index in [1.807, 2.05) is 26.2 Å². The van der Waals surface area contributed by atoms with E-state index < -0.39 is 0 Å². The normalized spacial score (nSPS) is 17.0. The topological polar surface area (TPSA) is 84.9 Å². The summed E-state index contributed by atoms with van der Waals surface area (Å²) in [7, 11) is 3.88. The van der Waals surface area contributed by atoms with Crippen molar-refractivity contribution < 1.29 is 0 Å². The Balaban J connectivity index is 0.00000121. The molecule has 1 saturated heterocycles. The molecule has 1 aliphatic heterocycles. The molecule has 0 aromatic carbocycles. The number of likely N-dealkylation sites (N-methyl/N-ethyl adjacent to an activating group) is 1. The Labute approximate surface area is 142 Å². The molecule has 0 spiro atoms. The second-order valence-corrected chi connectivity index (χ2v) is 5.03. The first-order valence-corrected chi connectivity index (χ1v) is 6.72. The number of nitrogens with one attached hydrogen (secondary N) is 1. The number of aryl methyl sites for hydroxylation is 1. The molecule has 122 valence electrons. The van der Waals surface area contributed by atoms with Gasteiger partial charge in [-0.3, -0.25) is 4.68 Å². The minimum absolute atomic E-state index is 0. The monoisotopic (exact) mass is 345 g/mol. The van der Waals surface area contributed by atoms with Crippen molar-refractivity contribution in [2.75, 3.05) is 30.8 Å². The fourth-order valence-corrected chi connectivity index (χ4v) is 2.57. The zero-order chi connectivity index (χ0) is 14.1. The van der Waals surface area contributed by atoms with Crippen LogP contribution >= 0.6 is 24.8 Å². The van der Waals surface area contributed by atoms with Gasteiger partial charge >= 0.3 is 0 Å². The van der Waals surface area contributed by atoms with Gasteiger partial charge in [-0.25, -0.2) is 4.98 Å². The summed E-state index contributed by atoms with van der Waals surface area (Å²) in [5.74, 6) is 1.18. The van der Waals surface area contributed by atoms with Gasteiger partial charge in [0.15, 0.2) is 0 Å². The Bertz CT molecular complexity index is 616. The van der Waals surface area contributed by atoms with Crippen LogP contribution in [-0.2, 0) is 7.05 Å². The van der Waals surface area contributed by atoms with Crippen LogP contribution < -0.4 is 16.0 Å². The smallest absolute Gasteiger partial charge is 0.222 e. The highest BCUT2D eigenvalue weighted by Crippen LogP contribution is 2.24. The molecule has 0 aliphatic carbocycles. The van der Waals surface area contributed by atoms with Crippen molar-refractivity contribution in [2.45, 2.75) is 12.5 Å². The molecule has 0 saturated carbocycles. The number of hydrogen-bond acceptors (Lipinski definition) is 6. The predicted molar refractivity (Wildman–Crippen MR) is 92.8 cm³/mol. The van der Waals surface area contributed by atoms with Gasteiger partial charge in [0.25, 0.3) is 0 Å². The Morgan fingerprint density at radius 1 is 1.32 bits per heavy atom. The van der Waals surface area contributed by atoms with Crippen molar-refractivity contribution in [2.24, 2.45) is 7.05 Å². The van der Waals surface area contributed by atoms with Crippen LogP contribution in [0.1, 0.15) is 6.42 Å². The lowest BCUT2D eigenvalue weighted by Gasteiger charge is -2.18. The van der Waals surface area contributed by atoms with Crippen LogP contribution in [0.5, 0.6) is 0 Å². The highest BCUT2D eigenvalue weighted by atomic mass is 35.5. The van der Waals surface area contributed by atoms with Gasteiger partial charge < -0.3 is 16.0 Å². The fourth-order valence-electron chi connectivity index (χ4n) is 2.57. The van der Waals surface area contributed by atoms with Crippen LogP contribution in [0, 0.1) is 0 Å². The molecular weight excluding hydrogens is 325 g/mol. The number of hydrogen-bond donors (Lipinski definition) is 2. The largest absolute Gasteiger partial charge is 0.368 e. The Morgan fingerprint density at radius 3 is 2.68 bits per heavy atom. The first-order valence-electron chi connectivity index (χ1n) is 6.72. The van der Waals surface area contributed by atoms with Crippen LogP contribution in [0.15, 0.2) is 18.3 Å². The summed E-state index contributed by atoms with van der Waals surface area (Å²) < 4.78 is 1.78. The molecule has 2 aromatic heterocycles. The van der Waals surface area contributed by atoms with E-state index in [-0.39, 0.29) is 24.8 Å². The van der Waals surface area contributed by atoms with E-state index in [1.165, 1.54) is 0 Å². The summed E-state index contributed by atoms with van der Waals surface area (Å²) in [6, 6.07) is 4.41. The molecular formula is C13H21Cl2N7. The molecule has 0 radical (unpaired) electrons. The third-order valence-corrected chi connectivity index (χ3v) is 3.73. The van der Waals surface area contributed by atoms with Gasteiger partial charge in [-0.05, 0) is 19.5 Å². The van der Waals surface area contributed by atoms with Crippen LogP contribution in [0.2, 0.25) is 0 Å². The van der Waals surface area contributed by atoms with E-state index in [0.717, 1.165) is 36.7 Å². The van der Waals surface area contributed by atoms with Crippen LogP contribution in [-0.4, -0.2) is 45.9 Å². The van der Waals surface area contributed by atoms with Crippen molar-refractivity contribution in [3.8, 4) is 11.4 Å². The third-order valence-electron chi connectivity index (χ3n) is 3.73. The zero-order valence-electron chi connectivity index (χ0n) is 12.6. The molecule has 1 fully saturated rings. The number of rotatable bonds is 3. The summed E-state index contributed by atoms with van der Waals surface area (Å²) in [6.07, 6.45) is 2.86. The van der Waals surface area contributed by atoms with Crippen LogP contribution in [0.4, 0.5) is 11.8 Å². The molecule has 22 heavy (non-hydrogen) atoms. The lowest BCUT2D eigenvalue weighted by atomic mass is 10.3. The second-order valence-electron chi connectivity index (χ2n) is 5.03. The molecule has 0 amide bonds. The molecule has 3 rings (SSSR count). The van der Waals surface area contributed by atoms with Crippen LogP contribution in [0.25, 0.3) is 11.4 Å². The average molecular weight is 346 g/mol. The lowest BCUT2D eigenvalue weighted by molar-refractivity contribution is 0.616. The number of nitrogens with zero attached hydrogens (tertiary/aromatic N) is 5. The Hall–Kier alpha value is -1.57. The highest BCUT2D eigenvalue weighted by molar-refractivity contribution is 5.85. The summed E-state index contributed by atoms with van der Waals surface area (Å²) in [5.41, 5.74) is 7.60. The van der Waals surface area contributed by atoms with Gasteiger partial charge in [0.2, 0.25) is 5.95 Å². The lowest BCUT2D eigenvalue weighted by Crippen LogP contribution is -2.30. The van der Waals surface area contributed by atoms with E-state index in [4.69, 9.17) is 5.73 Å². The summed E-state index contributed by atoms with van der Waals surface area (Å²) in [4.78, 5) is 10.9. The maximum absolute atomic E-state index is 5.86. The van der Waals surface area contributed by atoms with E-state index >= 15 is 0 Å². The molecule has 1 atom stereocenters. The van der Waals surface area contributed by atoms with Crippen LogP contribution in [0.3, 0.4) is 0 Å². The number of aromatic nitrogens is 4. The maximum atomic E-state index is 5.86. The molecule has 3 N–H and O–H groups in total. The number of halogens is 2. The summed E-state index contributed by atoms with van der Waals surface area (Å²) in [5, 5.41) is 7.47. The molecule has 7 nitrogen and oxygen atoms in total. The molecule has 1 aliphatic rings. The van der Waals surface area contributed by atoms with Crippen molar-refractivity contribution >= 4 is 36.6 Å². The van der Waals surface area contributed by atoms with Crippen molar-refractivity contribution in [3.63, 3.8) is 0 Å². The van der Waals surface area contributed by atoms with Gasteiger partial charge in [0.05, 0.1) is 11.4 Å². The van der Waals surface area contributed by atoms with E-state index in [0.29, 0.717) is 12.0 Å². The maximum Gasteiger partial charge on any atom is 0.222 e. The molecule has 3 heterocycles. The standard InChI is InChI=1S/C13H19N7.2ClH/c1-15-9-4-6-20(8-9)12-7-10(17-13(14)18-12)11-3-5-16-19(11)2;;/h3,5,7,9,15H,4,6,8H2,1-2H3,(H2,14,17,18);2*1H/t9-;;/m1../s1. The van der Waals surface area contributed by atoms with Crippen molar-refractivity contribution in [1.82, 2.24) is 25.1 Å². The minimum atomic E-state index is 0. The summed E-state index contributed by atoms with van der Waals surface area (Å²) in [6.45, 7) is 1.92. The number of nitrogen functional groups attached to an aromatic ring is 1.